The lowest BCUT2D eigenvalue weighted by Crippen LogP contribution is -2.63. The molecular weight excluding hydrogens is 488 g/mol. The molecular formula is C32H38N4O3. The monoisotopic (exact) mass is 526 g/mol. The average Bonchev–Trinajstić information content (AvgIpc) is 2.89. The van der Waals surface area contributed by atoms with Crippen molar-refractivity contribution < 1.29 is 14.4 Å². The van der Waals surface area contributed by atoms with Crippen LogP contribution in [0.5, 0.6) is 0 Å². The number of amides is 3. The van der Waals surface area contributed by atoms with Crippen LogP contribution in [0.4, 0.5) is 0 Å². The van der Waals surface area contributed by atoms with E-state index in [1.807, 2.05) is 63.2 Å². The van der Waals surface area contributed by atoms with E-state index < -0.39 is 17.5 Å². The number of benzene rings is 3. The molecule has 1 aliphatic rings. The van der Waals surface area contributed by atoms with E-state index in [1.54, 1.807) is 15.9 Å². The number of rotatable bonds is 9. The molecule has 204 valence electrons. The maximum Gasteiger partial charge on any atom is 0.247 e. The molecule has 0 saturated carbocycles. The van der Waals surface area contributed by atoms with Gasteiger partial charge in [0.05, 0.1) is 6.04 Å². The zero-order valence-corrected chi connectivity index (χ0v) is 22.9. The molecule has 1 saturated heterocycles. The van der Waals surface area contributed by atoms with Gasteiger partial charge < -0.3 is 21.3 Å². The summed E-state index contributed by atoms with van der Waals surface area (Å²) in [5.74, 6) is -1.40. The molecule has 3 aromatic carbocycles. The van der Waals surface area contributed by atoms with Crippen LogP contribution in [0.2, 0.25) is 0 Å². The number of hydrogen-bond donors (Lipinski definition) is 2. The quantitative estimate of drug-likeness (QED) is 0.414. The Morgan fingerprint density at radius 2 is 1.69 bits per heavy atom. The topological polar surface area (TPSA) is 110 Å². The van der Waals surface area contributed by atoms with E-state index in [-0.39, 0.29) is 36.9 Å². The second kappa shape index (κ2) is 11.8. The molecule has 0 spiro atoms. The predicted octanol–water partition coefficient (Wildman–Crippen LogP) is 3.76. The van der Waals surface area contributed by atoms with E-state index in [1.165, 1.54) is 6.08 Å². The highest BCUT2D eigenvalue weighted by Gasteiger charge is 2.41. The summed E-state index contributed by atoms with van der Waals surface area (Å²) in [4.78, 5) is 42.7. The average molecular weight is 527 g/mol. The van der Waals surface area contributed by atoms with Gasteiger partial charge in [-0.15, -0.1) is 0 Å². The minimum Gasteiger partial charge on any atom is -0.368 e. The summed E-state index contributed by atoms with van der Waals surface area (Å²) >= 11 is 0. The van der Waals surface area contributed by atoms with Crippen LogP contribution in [0.25, 0.3) is 10.8 Å². The van der Waals surface area contributed by atoms with Gasteiger partial charge in [0.15, 0.2) is 0 Å². The first-order valence-corrected chi connectivity index (χ1v) is 13.4. The molecule has 3 atom stereocenters. The highest BCUT2D eigenvalue weighted by molar-refractivity contribution is 5.94. The standard InChI is InChI=1S/C32H38N4O3/c1-22(24-10-5-4-6-11-24)30(31(33)39)36-20-27(19-23-15-16-25-12-7-8-13-26(25)18-23)35(21-29(36)38)28(37)14-9-17-32(2,3)34/h4-16,18,22,27,30H,17,19-21,34H2,1-3H3,(H2,33,39)/b14-9+. The van der Waals surface area contributed by atoms with Gasteiger partial charge in [-0.1, -0.05) is 85.8 Å². The number of fused-ring (bicyclic) bond motifs is 1. The SMILES string of the molecule is CC(c1ccccc1)C(C(N)=O)N1CC(Cc2ccc3ccccc3c2)N(C(=O)/C=C/CC(C)(C)N)CC1=O. The first-order chi connectivity index (χ1) is 18.5. The molecule has 1 heterocycles. The van der Waals surface area contributed by atoms with E-state index in [0.29, 0.717) is 12.8 Å². The number of nitrogens with two attached hydrogens (primary N) is 2. The van der Waals surface area contributed by atoms with Gasteiger partial charge in [0.1, 0.15) is 12.6 Å². The molecule has 39 heavy (non-hydrogen) atoms. The second-order valence-corrected chi connectivity index (χ2v) is 11.2. The molecule has 3 aromatic rings. The van der Waals surface area contributed by atoms with Gasteiger partial charge in [0.2, 0.25) is 17.7 Å². The van der Waals surface area contributed by atoms with Gasteiger partial charge >= 0.3 is 0 Å². The maximum absolute atomic E-state index is 13.5. The van der Waals surface area contributed by atoms with E-state index in [9.17, 15) is 14.4 Å². The summed E-state index contributed by atoms with van der Waals surface area (Å²) in [6, 6.07) is 22.8. The lowest BCUT2D eigenvalue weighted by atomic mass is 9.90. The third kappa shape index (κ3) is 6.92. The van der Waals surface area contributed by atoms with Gasteiger partial charge in [-0.3, -0.25) is 14.4 Å². The predicted molar refractivity (Wildman–Crippen MR) is 155 cm³/mol. The maximum atomic E-state index is 13.5. The Morgan fingerprint density at radius 1 is 1.03 bits per heavy atom. The van der Waals surface area contributed by atoms with Gasteiger partial charge in [-0.25, -0.2) is 0 Å². The summed E-state index contributed by atoms with van der Waals surface area (Å²) in [6.45, 7) is 5.78. The van der Waals surface area contributed by atoms with Crippen molar-refractivity contribution >= 4 is 28.5 Å². The van der Waals surface area contributed by atoms with Crippen LogP contribution in [0.15, 0.2) is 84.9 Å². The molecule has 0 aliphatic carbocycles. The second-order valence-electron chi connectivity index (χ2n) is 11.2. The molecule has 4 N–H and O–H groups in total. The molecule has 7 heteroatoms. The normalized spacial score (nSPS) is 17.9. The van der Waals surface area contributed by atoms with Gasteiger partial charge in [-0.05, 0) is 54.7 Å². The largest absolute Gasteiger partial charge is 0.368 e. The Hall–Kier alpha value is -3.97. The number of nitrogens with zero attached hydrogens (tertiary/aromatic N) is 2. The molecule has 3 unspecified atom stereocenters. The van der Waals surface area contributed by atoms with Crippen LogP contribution in [0, 0.1) is 0 Å². The minimum absolute atomic E-state index is 0.126. The van der Waals surface area contributed by atoms with Crippen molar-refractivity contribution in [2.24, 2.45) is 11.5 Å². The van der Waals surface area contributed by atoms with Crippen molar-refractivity contribution in [1.82, 2.24) is 9.80 Å². The summed E-state index contributed by atoms with van der Waals surface area (Å²) < 4.78 is 0. The number of carbonyl (C=O) groups is 3. The van der Waals surface area contributed by atoms with Crippen molar-refractivity contribution in [1.29, 1.82) is 0 Å². The first kappa shape index (κ1) is 28.0. The summed E-state index contributed by atoms with van der Waals surface area (Å²) in [5.41, 5.74) is 13.5. The molecule has 4 rings (SSSR count). The molecule has 0 bridgehead atoms. The van der Waals surface area contributed by atoms with Crippen LogP contribution in [0.3, 0.4) is 0 Å². The molecule has 3 amide bonds. The fourth-order valence-corrected chi connectivity index (χ4v) is 5.30. The van der Waals surface area contributed by atoms with Crippen molar-refractivity contribution in [3.05, 3.63) is 96.1 Å². The smallest absolute Gasteiger partial charge is 0.247 e. The molecule has 0 aromatic heterocycles. The summed E-state index contributed by atoms with van der Waals surface area (Å²) in [6.07, 6.45) is 4.32. The lowest BCUT2D eigenvalue weighted by Gasteiger charge is -2.44. The van der Waals surface area contributed by atoms with Gasteiger partial charge in [0.25, 0.3) is 0 Å². The number of piperazine rings is 1. The Labute approximate surface area is 230 Å². The fraction of sp³-hybridized carbons (Fsp3) is 0.344. The molecule has 1 fully saturated rings. The number of hydrogen-bond acceptors (Lipinski definition) is 4. The van der Waals surface area contributed by atoms with Crippen LogP contribution in [-0.2, 0) is 20.8 Å². The van der Waals surface area contributed by atoms with Crippen LogP contribution >= 0.6 is 0 Å². The lowest BCUT2D eigenvalue weighted by molar-refractivity contribution is -0.152. The fourth-order valence-electron chi connectivity index (χ4n) is 5.30. The highest BCUT2D eigenvalue weighted by atomic mass is 16.2. The molecule has 0 radical (unpaired) electrons. The minimum atomic E-state index is -0.829. The Bertz CT molecular complexity index is 1360. The third-order valence-corrected chi connectivity index (χ3v) is 7.37. The highest BCUT2D eigenvalue weighted by Crippen LogP contribution is 2.28. The van der Waals surface area contributed by atoms with E-state index in [0.717, 1.165) is 21.9 Å². The van der Waals surface area contributed by atoms with Gasteiger partial charge in [-0.2, -0.15) is 0 Å². The van der Waals surface area contributed by atoms with Crippen molar-refractivity contribution in [2.45, 2.75) is 57.2 Å². The van der Waals surface area contributed by atoms with E-state index in [4.69, 9.17) is 11.5 Å². The van der Waals surface area contributed by atoms with Crippen molar-refractivity contribution in [2.75, 3.05) is 13.1 Å². The van der Waals surface area contributed by atoms with E-state index in [2.05, 4.69) is 30.3 Å². The van der Waals surface area contributed by atoms with Crippen LogP contribution < -0.4 is 11.5 Å². The van der Waals surface area contributed by atoms with Crippen LogP contribution in [-0.4, -0.2) is 58.2 Å². The third-order valence-electron chi connectivity index (χ3n) is 7.37. The van der Waals surface area contributed by atoms with Crippen molar-refractivity contribution in [3.63, 3.8) is 0 Å². The molecule has 1 aliphatic heterocycles. The summed E-state index contributed by atoms with van der Waals surface area (Å²) in [7, 11) is 0. The number of primary amides is 1. The van der Waals surface area contributed by atoms with Crippen LogP contribution in [0.1, 0.15) is 44.2 Å². The zero-order valence-electron chi connectivity index (χ0n) is 22.9. The van der Waals surface area contributed by atoms with Gasteiger partial charge in [0, 0.05) is 18.0 Å². The first-order valence-electron chi connectivity index (χ1n) is 13.4. The Balaban J connectivity index is 1.65. The number of carbonyl (C=O) groups excluding carboxylic acids is 3. The van der Waals surface area contributed by atoms with E-state index >= 15 is 0 Å². The molecule has 7 nitrogen and oxygen atoms in total. The zero-order chi connectivity index (χ0) is 28.2. The summed E-state index contributed by atoms with van der Waals surface area (Å²) in [5, 5.41) is 2.24. The van der Waals surface area contributed by atoms with Crippen molar-refractivity contribution in [3.8, 4) is 0 Å². The Kier molecular flexibility index (Phi) is 8.51. The Morgan fingerprint density at radius 3 is 2.36 bits per heavy atom.